The molecule has 94 heavy (non-hydrogen) atoms. The van der Waals surface area contributed by atoms with Crippen molar-refractivity contribution in [3.8, 4) is 0 Å². The molecule has 14 aromatic rings. The first-order valence-corrected chi connectivity index (χ1v) is 35.0. The van der Waals surface area contributed by atoms with Gasteiger partial charge in [0.1, 0.15) is 0 Å². The normalized spacial score (nSPS) is 12.1. The van der Waals surface area contributed by atoms with E-state index < -0.39 is 0 Å². The molecule has 2 nitrogen and oxygen atoms in total. The monoisotopic (exact) mass is 1360 g/mol. The van der Waals surface area contributed by atoms with E-state index in [2.05, 4.69) is 373 Å². The largest absolute Gasteiger partial charge is 0.309 e. The molecule has 0 saturated heterocycles. The molecule has 0 saturated carbocycles. The van der Waals surface area contributed by atoms with Gasteiger partial charge in [0.25, 0.3) is 0 Å². The van der Waals surface area contributed by atoms with Crippen LogP contribution >= 0.6 is 31.9 Å². The van der Waals surface area contributed by atoms with Crippen LogP contribution in [0.4, 0.5) is 34.1 Å². The first-order chi connectivity index (χ1) is 44.5. The second-order valence-electron chi connectivity index (χ2n) is 29.9. The first kappa shape index (κ1) is 65.8. The highest BCUT2D eigenvalue weighted by Gasteiger charge is 2.27. The smallest absolute Gasteiger partial charge is 0.0540 e. The van der Waals surface area contributed by atoms with E-state index in [9.17, 15) is 0 Å². The third-order valence-electron chi connectivity index (χ3n) is 19.6. The second kappa shape index (κ2) is 25.5. The van der Waals surface area contributed by atoms with E-state index in [4.69, 9.17) is 0 Å². The number of halogens is 2. The second-order valence-corrected chi connectivity index (χ2v) is 31.6. The molecule has 0 unspecified atom stereocenters. The Kier molecular flexibility index (Phi) is 17.8. The highest BCUT2D eigenvalue weighted by Crippen LogP contribution is 2.51. The molecule has 4 heteroatoms. The summed E-state index contributed by atoms with van der Waals surface area (Å²) in [6.07, 6.45) is 1.03. The van der Waals surface area contributed by atoms with E-state index in [1.165, 1.54) is 177 Å². The molecule has 0 aliphatic heterocycles. The number of nitrogens with zero attached hydrogens (tertiary/aromatic N) is 2. The Morgan fingerprint density at radius 2 is 0.532 bits per heavy atom. The summed E-state index contributed by atoms with van der Waals surface area (Å²) in [5.41, 5.74) is 26.1. The molecule has 0 aliphatic carbocycles. The fourth-order valence-electron chi connectivity index (χ4n) is 13.7. The van der Waals surface area contributed by atoms with Crippen molar-refractivity contribution in [3.05, 3.63) is 293 Å². The summed E-state index contributed by atoms with van der Waals surface area (Å²) in [6, 6.07) is 77.5. The van der Waals surface area contributed by atoms with Gasteiger partial charge in [-0.2, -0.15) is 0 Å². The summed E-state index contributed by atoms with van der Waals surface area (Å²) in [5, 5.41) is 15.5. The Morgan fingerprint density at radius 3 is 0.915 bits per heavy atom. The summed E-state index contributed by atoms with van der Waals surface area (Å²) in [6.45, 7) is 40.6. The van der Waals surface area contributed by atoms with Crippen molar-refractivity contribution in [2.24, 2.45) is 0 Å². The summed E-state index contributed by atoms with van der Waals surface area (Å²) >= 11 is 7.30. The van der Waals surface area contributed by atoms with Gasteiger partial charge in [0, 0.05) is 42.5 Å². The standard InChI is InChI=1S/C54H56N2.C20H26.C16H8Br2/c1-33-13-15-35(3)47(29-33)55(49-31-41(53(7,8)9)23-17-37(49)5)45-27-21-39-20-26-44-46(28-22-40-19-25-43(45)51(39)52(40)44)56(48-30-34(2)14-16-36(48)4)50-32-42(54(10,11)12)24-18-38(50)6;1-14-7-8-15(2)17(11-14)12-18-13-19(20(4,5)6)10-9-16(18)3;17-13-8-4-10-2-6-12-14(18)7-3-9-1-5-11(13)16(10)15(9)12/h13-32H,1-12H3;7-11,13H,12H2,1-6H3;1-8H. The molecule has 0 aromatic heterocycles. The number of benzene rings is 14. The van der Waals surface area contributed by atoms with E-state index in [-0.39, 0.29) is 16.2 Å². The maximum atomic E-state index is 3.65. The van der Waals surface area contributed by atoms with Gasteiger partial charge in [-0.25, -0.2) is 0 Å². The minimum atomic E-state index is 0.0150. The molecule has 474 valence electrons. The molecular formula is C90H90Br2N2. The molecule has 0 fully saturated rings. The lowest BCUT2D eigenvalue weighted by molar-refractivity contribution is 0.589. The highest BCUT2D eigenvalue weighted by molar-refractivity contribution is 9.11. The third kappa shape index (κ3) is 12.8. The van der Waals surface area contributed by atoms with Crippen LogP contribution in [0.1, 0.15) is 140 Å². The Labute approximate surface area is 576 Å². The van der Waals surface area contributed by atoms with Gasteiger partial charge in [-0.3, -0.25) is 0 Å². The van der Waals surface area contributed by atoms with E-state index in [0.717, 1.165) is 15.4 Å². The van der Waals surface area contributed by atoms with Crippen LogP contribution in [0.2, 0.25) is 0 Å². The lowest BCUT2D eigenvalue weighted by Gasteiger charge is -2.33. The molecule has 0 aliphatic rings. The van der Waals surface area contributed by atoms with Crippen molar-refractivity contribution in [1.29, 1.82) is 0 Å². The number of rotatable bonds is 8. The average molecular weight is 1360 g/mol. The van der Waals surface area contributed by atoms with Crippen LogP contribution in [0.5, 0.6) is 0 Å². The number of hydrogen-bond donors (Lipinski definition) is 0. The van der Waals surface area contributed by atoms with Crippen molar-refractivity contribution in [3.63, 3.8) is 0 Å². The van der Waals surface area contributed by atoms with Crippen molar-refractivity contribution in [2.75, 3.05) is 9.80 Å². The Morgan fingerprint density at radius 1 is 0.255 bits per heavy atom. The van der Waals surface area contributed by atoms with E-state index in [1.807, 2.05) is 0 Å². The van der Waals surface area contributed by atoms with Crippen LogP contribution in [-0.2, 0) is 22.7 Å². The van der Waals surface area contributed by atoms with Crippen LogP contribution in [-0.4, -0.2) is 0 Å². The summed E-state index contributed by atoms with van der Waals surface area (Å²) in [5.74, 6) is 0. The minimum Gasteiger partial charge on any atom is -0.309 e. The van der Waals surface area contributed by atoms with E-state index in [0.29, 0.717) is 0 Å². The summed E-state index contributed by atoms with van der Waals surface area (Å²) < 4.78 is 2.31. The summed E-state index contributed by atoms with van der Waals surface area (Å²) in [7, 11) is 0. The fraction of sp³-hybridized carbons (Fsp3) is 0.244. The first-order valence-electron chi connectivity index (χ1n) is 33.4. The predicted octanol–water partition coefficient (Wildman–Crippen LogP) is 27.6. The van der Waals surface area contributed by atoms with Gasteiger partial charge < -0.3 is 9.80 Å². The predicted molar refractivity (Wildman–Crippen MR) is 419 cm³/mol. The molecular weight excluding hydrogens is 1270 g/mol. The zero-order chi connectivity index (χ0) is 67.0. The van der Waals surface area contributed by atoms with Crippen molar-refractivity contribution < 1.29 is 0 Å². The quantitative estimate of drug-likeness (QED) is 0.140. The molecule has 14 aromatic carbocycles. The zero-order valence-corrected chi connectivity index (χ0v) is 61.7. The molecule has 14 rings (SSSR count). The van der Waals surface area contributed by atoms with Gasteiger partial charge in [-0.15, -0.1) is 0 Å². The van der Waals surface area contributed by atoms with Crippen molar-refractivity contribution in [2.45, 2.75) is 147 Å². The Balaban J connectivity index is 0.000000179. The van der Waals surface area contributed by atoms with Crippen LogP contribution in [0, 0.1) is 62.3 Å². The molecule has 0 radical (unpaired) electrons. The molecule has 0 bridgehead atoms. The highest BCUT2D eigenvalue weighted by atomic mass is 79.9. The third-order valence-corrected chi connectivity index (χ3v) is 21.0. The van der Waals surface area contributed by atoms with Crippen LogP contribution < -0.4 is 9.80 Å². The molecule has 0 amide bonds. The van der Waals surface area contributed by atoms with Gasteiger partial charge in [-0.1, -0.05) is 257 Å². The molecule has 0 atom stereocenters. The maximum Gasteiger partial charge on any atom is 0.0540 e. The lowest BCUT2D eigenvalue weighted by Crippen LogP contribution is -2.17. The average Bonchev–Trinajstić information content (AvgIpc) is 0.723. The Bertz CT molecular complexity index is 4930. The summed E-state index contributed by atoms with van der Waals surface area (Å²) in [4.78, 5) is 5.06. The molecule has 0 heterocycles. The lowest BCUT2D eigenvalue weighted by atomic mass is 9.84. The van der Waals surface area contributed by atoms with Crippen LogP contribution in [0.15, 0.2) is 215 Å². The maximum absolute atomic E-state index is 3.65. The minimum absolute atomic E-state index is 0.0150. The molecule has 0 spiro atoms. The van der Waals surface area contributed by atoms with E-state index in [1.54, 1.807) is 0 Å². The number of aryl methyl sites for hydroxylation is 9. The van der Waals surface area contributed by atoms with Gasteiger partial charge in [-0.05, 0) is 260 Å². The van der Waals surface area contributed by atoms with Gasteiger partial charge in [0.05, 0.1) is 11.4 Å². The van der Waals surface area contributed by atoms with Crippen molar-refractivity contribution >= 4 is 131 Å². The van der Waals surface area contributed by atoms with Gasteiger partial charge in [0.2, 0.25) is 0 Å². The SMILES string of the molecule is Brc1ccc2ccc3c(Br)ccc4ccc1c2c43.Cc1ccc(C)c(Cc2cc(C(C)(C)C)ccc2C)c1.Cc1ccc(C)c(N(c2cc(C(C)(C)C)ccc2C)c2ccc3ccc4c(N(c5cc(C)ccc5C)c5cc(C(C)(C)C)ccc5C)ccc5ccc2c3c54)c1. The number of hydrogen-bond acceptors (Lipinski definition) is 2. The van der Waals surface area contributed by atoms with Crippen LogP contribution in [0.3, 0.4) is 0 Å². The fourth-order valence-corrected chi connectivity index (χ4v) is 14.7. The van der Waals surface area contributed by atoms with Crippen LogP contribution in [0.25, 0.3) is 64.6 Å². The van der Waals surface area contributed by atoms with Gasteiger partial charge in [0.15, 0.2) is 0 Å². The number of anilines is 6. The molecule has 0 N–H and O–H groups in total. The van der Waals surface area contributed by atoms with Gasteiger partial charge >= 0.3 is 0 Å². The van der Waals surface area contributed by atoms with Crippen molar-refractivity contribution in [1.82, 2.24) is 0 Å². The van der Waals surface area contributed by atoms with E-state index >= 15 is 0 Å². The Hall–Kier alpha value is -8.28. The zero-order valence-electron chi connectivity index (χ0n) is 58.5. The topological polar surface area (TPSA) is 6.48 Å².